The molecule has 0 aliphatic heterocycles. The van der Waals surface area contributed by atoms with Gasteiger partial charge in [-0.1, -0.05) is 6.92 Å². The minimum atomic E-state index is -0.159. The van der Waals surface area contributed by atoms with Crippen molar-refractivity contribution in [3.8, 4) is 0 Å². The molecule has 4 nitrogen and oxygen atoms in total. The van der Waals surface area contributed by atoms with Gasteiger partial charge in [0, 0.05) is 20.6 Å². The Morgan fingerprint density at radius 1 is 1.47 bits per heavy atom. The maximum Gasteiger partial charge on any atom is 0.317 e. The Bertz CT molecular complexity index is 220. The summed E-state index contributed by atoms with van der Waals surface area (Å²) in [5.41, 5.74) is 5.64. The first-order valence-corrected chi connectivity index (χ1v) is 5.68. The average molecular weight is 213 g/mol. The molecule has 3 N–H and O–H groups in total. The third-order valence-corrected chi connectivity index (χ3v) is 3.40. The first kappa shape index (κ1) is 12.3. The number of carbonyl (C=O) groups excluding carboxylic acids is 1. The van der Waals surface area contributed by atoms with Crippen LogP contribution in [-0.2, 0) is 0 Å². The summed E-state index contributed by atoms with van der Waals surface area (Å²) in [4.78, 5) is 13.2. The molecule has 2 amide bonds. The molecule has 0 spiro atoms. The monoisotopic (exact) mass is 213 g/mol. The lowest BCUT2D eigenvalue weighted by atomic mass is 9.77. The number of hydrogen-bond acceptors (Lipinski definition) is 2. The van der Waals surface area contributed by atoms with Crippen LogP contribution in [0.1, 0.15) is 32.6 Å². The number of urea groups is 1. The summed E-state index contributed by atoms with van der Waals surface area (Å²) in [7, 11) is 3.51. The van der Waals surface area contributed by atoms with Crippen LogP contribution in [0.4, 0.5) is 4.79 Å². The SMILES string of the molecule is CC1CCC(CN)(NC(=O)N(C)C)CC1. The Labute approximate surface area is 92.2 Å². The third-order valence-electron chi connectivity index (χ3n) is 3.40. The highest BCUT2D eigenvalue weighted by molar-refractivity contribution is 5.74. The van der Waals surface area contributed by atoms with Crippen molar-refractivity contribution in [2.24, 2.45) is 11.7 Å². The number of carbonyl (C=O) groups is 1. The van der Waals surface area contributed by atoms with Gasteiger partial charge in [-0.25, -0.2) is 4.79 Å². The number of nitrogens with zero attached hydrogens (tertiary/aromatic N) is 1. The van der Waals surface area contributed by atoms with E-state index in [1.807, 2.05) is 0 Å². The quantitative estimate of drug-likeness (QED) is 0.723. The summed E-state index contributed by atoms with van der Waals surface area (Å²) in [5.74, 6) is 0.765. The van der Waals surface area contributed by atoms with Crippen molar-refractivity contribution >= 4 is 6.03 Å². The molecule has 0 unspecified atom stereocenters. The maximum atomic E-state index is 11.6. The van der Waals surface area contributed by atoms with Crippen LogP contribution in [0.5, 0.6) is 0 Å². The van der Waals surface area contributed by atoms with Crippen LogP contribution >= 0.6 is 0 Å². The largest absolute Gasteiger partial charge is 0.331 e. The standard InChI is InChI=1S/C11H23N3O/c1-9-4-6-11(8-12,7-5-9)13-10(15)14(2)3/h9H,4-8,12H2,1-3H3,(H,13,15). The van der Waals surface area contributed by atoms with Gasteiger partial charge < -0.3 is 16.0 Å². The van der Waals surface area contributed by atoms with Crippen molar-refractivity contribution in [1.29, 1.82) is 0 Å². The Morgan fingerprint density at radius 2 is 2.00 bits per heavy atom. The molecule has 88 valence electrons. The lowest BCUT2D eigenvalue weighted by molar-refractivity contribution is 0.173. The van der Waals surface area contributed by atoms with E-state index in [-0.39, 0.29) is 11.6 Å². The van der Waals surface area contributed by atoms with Crippen molar-refractivity contribution in [3.63, 3.8) is 0 Å². The van der Waals surface area contributed by atoms with Crippen LogP contribution in [0.2, 0.25) is 0 Å². The Morgan fingerprint density at radius 3 is 2.40 bits per heavy atom. The second-order valence-corrected chi connectivity index (χ2v) is 4.99. The van der Waals surface area contributed by atoms with E-state index < -0.39 is 0 Å². The fraction of sp³-hybridized carbons (Fsp3) is 0.909. The van der Waals surface area contributed by atoms with Gasteiger partial charge in [0.2, 0.25) is 0 Å². The van der Waals surface area contributed by atoms with E-state index in [0.717, 1.165) is 31.6 Å². The molecule has 0 atom stereocenters. The second kappa shape index (κ2) is 4.84. The number of amides is 2. The molecular formula is C11H23N3O. The first-order valence-electron chi connectivity index (χ1n) is 5.68. The molecule has 15 heavy (non-hydrogen) atoms. The topological polar surface area (TPSA) is 58.4 Å². The molecule has 0 radical (unpaired) electrons. The smallest absolute Gasteiger partial charge is 0.317 e. The van der Waals surface area contributed by atoms with Crippen LogP contribution in [0, 0.1) is 5.92 Å². The summed E-state index contributed by atoms with van der Waals surface area (Å²) in [6.45, 7) is 2.80. The highest BCUT2D eigenvalue weighted by Crippen LogP contribution is 2.31. The van der Waals surface area contributed by atoms with E-state index in [1.165, 1.54) is 0 Å². The summed E-state index contributed by atoms with van der Waals surface area (Å²) in [6, 6.07) is -0.0324. The molecule has 0 aromatic heterocycles. The number of hydrogen-bond donors (Lipinski definition) is 2. The van der Waals surface area contributed by atoms with Crippen LogP contribution < -0.4 is 11.1 Å². The molecule has 4 heteroatoms. The lowest BCUT2D eigenvalue weighted by Gasteiger charge is -2.39. The van der Waals surface area contributed by atoms with Crippen molar-refractivity contribution in [2.75, 3.05) is 20.6 Å². The molecular weight excluding hydrogens is 190 g/mol. The van der Waals surface area contributed by atoms with Gasteiger partial charge in [0.1, 0.15) is 0 Å². The van der Waals surface area contributed by atoms with Crippen LogP contribution in [-0.4, -0.2) is 37.1 Å². The molecule has 1 fully saturated rings. The molecule has 1 aliphatic carbocycles. The highest BCUT2D eigenvalue weighted by atomic mass is 16.2. The number of nitrogens with one attached hydrogen (secondary N) is 1. The molecule has 0 saturated heterocycles. The predicted molar refractivity (Wildman–Crippen MR) is 61.6 cm³/mol. The fourth-order valence-corrected chi connectivity index (χ4v) is 2.03. The molecule has 0 heterocycles. The van der Waals surface area contributed by atoms with Gasteiger partial charge in [0.15, 0.2) is 0 Å². The van der Waals surface area contributed by atoms with Gasteiger partial charge in [0.25, 0.3) is 0 Å². The van der Waals surface area contributed by atoms with Crippen LogP contribution in [0.15, 0.2) is 0 Å². The summed E-state index contributed by atoms with van der Waals surface area (Å²) >= 11 is 0. The normalized spacial score (nSPS) is 31.1. The number of nitrogens with two attached hydrogens (primary N) is 1. The fourth-order valence-electron chi connectivity index (χ4n) is 2.03. The van der Waals surface area contributed by atoms with Crippen LogP contribution in [0.25, 0.3) is 0 Å². The van der Waals surface area contributed by atoms with Gasteiger partial charge >= 0.3 is 6.03 Å². The summed E-state index contributed by atoms with van der Waals surface area (Å²) in [5, 5.41) is 3.06. The van der Waals surface area contributed by atoms with E-state index in [2.05, 4.69) is 12.2 Å². The van der Waals surface area contributed by atoms with Crippen molar-refractivity contribution in [2.45, 2.75) is 38.1 Å². The van der Waals surface area contributed by atoms with Gasteiger partial charge in [-0.2, -0.15) is 0 Å². The zero-order valence-electron chi connectivity index (χ0n) is 10.0. The highest BCUT2D eigenvalue weighted by Gasteiger charge is 2.34. The number of rotatable bonds is 2. The molecule has 0 bridgehead atoms. The van der Waals surface area contributed by atoms with Crippen LogP contribution in [0.3, 0.4) is 0 Å². The van der Waals surface area contributed by atoms with Gasteiger partial charge in [-0.05, 0) is 31.6 Å². The predicted octanol–water partition coefficient (Wildman–Crippen LogP) is 1.17. The van der Waals surface area contributed by atoms with E-state index in [1.54, 1.807) is 19.0 Å². The van der Waals surface area contributed by atoms with Crippen molar-refractivity contribution < 1.29 is 4.79 Å². The van der Waals surface area contributed by atoms with Gasteiger partial charge in [-0.15, -0.1) is 0 Å². The summed E-state index contributed by atoms with van der Waals surface area (Å²) in [6.07, 6.45) is 4.32. The maximum absolute atomic E-state index is 11.6. The van der Waals surface area contributed by atoms with Gasteiger partial charge in [0.05, 0.1) is 5.54 Å². The van der Waals surface area contributed by atoms with Crippen molar-refractivity contribution in [1.82, 2.24) is 10.2 Å². The van der Waals surface area contributed by atoms with Gasteiger partial charge in [-0.3, -0.25) is 0 Å². The minimum Gasteiger partial charge on any atom is -0.331 e. The first-order chi connectivity index (χ1) is 6.99. The Hall–Kier alpha value is -0.770. The van der Waals surface area contributed by atoms with E-state index in [0.29, 0.717) is 6.54 Å². The molecule has 1 saturated carbocycles. The Balaban J connectivity index is 2.57. The van der Waals surface area contributed by atoms with E-state index >= 15 is 0 Å². The molecule has 1 rings (SSSR count). The lowest BCUT2D eigenvalue weighted by Crippen LogP contribution is -2.57. The average Bonchev–Trinajstić information content (AvgIpc) is 2.21. The minimum absolute atomic E-state index is 0.0324. The zero-order valence-corrected chi connectivity index (χ0v) is 10.0. The molecule has 1 aliphatic rings. The Kier molecular flexibility index (Phi) is 3.97. The van der Waals surface area contributed by atoms with Crippen molar-refractivity contribution in [3.05, 3.63) is 0 Å². The second-order valence-electron chi connectivity index (χ2n) is 4.99. The summed E-state index contributed by atoms with van der Waals surface area (Å²) < 4.78 is 0. The van der Waals surface area contributed by atoms with E-state index in [9.17, 15) is 4.79 Å². The third kappa shape index (κ3) is 3.09. The molecule has 0 aromatic rings. The zero-order chi connectivity index (χ0) is 11.5. The van der Waals surface area contributed by atoms with E-state index in [4.69, 9.17) is 5.73 Å². The molecule has 0 aromatic carbocycles.